The summed E-state index contributed by atoms with van der Waals surface area (Å²) in [6.07, 6.45) is 0. The van der Waals surface area contributed by atoms with Crippen molar-refractivity contribution in [3.8, 4) is 0 Å². The van der Waals surface area contributed by atoms with Crippen LogP contribution in [0, 0.1) is 17.5 Å². The van der Waals surface area contributed by atoms with E-state index in [2.05, 4.69) is 0 Å². The van der Waals surface area contributed by atoms with Crippen LogP contribution in [0.1, 0.15) is 0 Å². The summed E-state index contributed by atoms with van der Waals surface area (Å²) in [5, 5.41) is -0.505. The number of halogens is 4. The molecule has 3 N–H and O–H groups in total. The van der Waals surface area contributed by atoms with Gasteiger partial charge < -0.3 is 5.73 Å². The van der Waals surface area contributed by atoms with E-state index in [4.69, 9.17) is 17.3 Å². The molecule has 9 heteroatoms. The van der Waals surface area contributed by atoms with Crippen LogP contribution in [0.2, 0.25) is 5.02 Å². The quantitative estimate of drug-likeness (QED) is 0.846. The Balaban J connectivity index is 2.51. The predicted octanol–water partition coefficient (Wildman–Crippen LogP) is 3.14. The molecule has 2 rings (SSSR count). The van der Waals surface area contributed by atoms with Crippen molar-refractivity contribution in [1.82, 2.24) is 0 Å². The zero-order valence-corrected chi connectivity index (χ0v) is 11.8. The van der Waals surface area contributed by atoms with Crippen LogP contribution in [0.15, 0.2) is 35.2 Å². The molecular weight excluding hydrogens is 329 g/mol. The molecule has 0 spiro atoms. The van der Waals surface area contributed by atoms with E-state index in [1.165, 1.54) is 0 Å². The number of nitrogens with one attached hydrogen (secondary N) is 1. The minimum absolute atomic E-state index is 0.0958. The van der Waals surface area contributed by atoms with Gasteiger partial charge >= 0.3 is 0 Å². The number of nitrogen functional groups attached to an aromatic ring is 1. The third-order valence-corrected chi connectivity index (χ3v) is 4.14. The lowest BCUT2D eigenvalue weighted by Gasteiger charge is -2.11. The first-order valence-electron chi connectivity index (χ1n) is 5.43. The number of hydrogen-bond donors (Lipinski definition) is 2. The highest BCUT2D eigenvalue weighted by Gasteiger charge is 2.23. The van der Waals surface area contributed by atoms with Gasteiger partial charge in [0.2, 0.25) is 0 Å². The molecular formula is C12H8ClF3N2O2S. The van der Waals surface area contributed by atoms with Crippen LogP contribution in [-0.2, 0) is 10.0 Å². The van der Waals surface area contributed by atoms with Gasteiger partial charge in [-0.05, 0) is 24.3 Å². The molecule has 112 valence electrons. The van der Waals surface area contributed by atoms with Crippen molar-refractivity contribution in [3.63, 3.8) is 0 Å². The van der Waals surface area contributed by atoms with E-state index in [1.807, 2.05) is 0 Å². The van der Waals surface area contributed by atoms with Gasteiger partial charge in [-0.3, -0.25) is 4.72 Å². The molecule has 2 aromatic carbocycles. The van der Waals surface area contributed by atoms with Gasteiger partial charge in [-0.2, -0.15) is 0 Å². The van der Waals surface area contributed by atoms with Crippen LogP contribution in [0.25, 0.3) is 0 Å². The number of sulfonamides is 1. The summed E-state index contributed by atoms with van der Waals surface area (Å²) in [5.41, 5.74) is 4.64. The minimum atomic E-state index is -4.52. The van der Waals surface area contributed by atoms with E-state index >= 15 is 0 Å². The van der Waals surface area contributed by atoms with Crippen LogP contribution in [0.5, 0.6) is 0 Å². The molecule has 4 nitrogen and oxygen atoms in total. The summed E-state index contributed by atoms with van der Waals surface area (Å²) >= 11 is 5.50. The van der Waals surface area contributed by atoms with Crippen molar-refractivity contribution in [3.05, 3.63) is 52.8 Å². The van der Waals surface area contributed by atoms with Crippen molar-refractivity contribution in [2.24, 2.45) is 0 Å². The van der Waals surface area contributed by atoms with E-state index in [0.29, 0.717) is 0 Å². The molecule has 0 aliphatic carbocycles. The molecule has 0 saturated heterocycles. The van der Waals surface area contributed by atoms with Crippen molar-refractivity contribution in [1.29, 1.82) is 0 Å². The molecule has 0 aromatic heterocycles. The van der Waals surface area contributed by atoms with Gasteiger partial charge in [-0.15, -0.1) is 0 Å². The molecule has 0 unspecified atom stereocenters. The number of benzene rings is 2. The van der Waals surface area contributed by atoms with Crippen LogP contribution in [0.4, 0.5) is 24.5 Å². The fourth-order valence-electron chi connectivity index (χ4n) is 1.56. The zero-order valence-electron chi connectivity index (χ0n) is 10.2. The lowest BCUT2D eigenvalue weighted by Crippen LogP contribution is -2.16. The number of anilines is 2. The fraction of sp³-hybridized carbons (Fsp3) is 0. The van der Waals surface area contributed by atoms with E-state index in [1.54, 1.807) is 4.72 Å². The Morgan fingerprint density at radius 1 is 1.10 bits per heavy atom. The number of rotatable bonds is 3. The normalized spacial score (nSPS) is 11.4. The third kappa shape index (κ3) is 3.06. The predicted molar refractivity (Wildman–Crippen MR) is 73.0 cm³/mol. The van der Waals surface area contributed by atoms with E-state index in [-0.39, 0.29) is 5.69 Å². The molecule has 0 radical (unpaired) electrons. The summed E-state index contributed by atoms with van der Waals surface area (Å²) in [5.74, 6) is -3.90. The Morgan fingerprint density at radius 2 is 1.76 bits per heavy atom. The van der Waals surface area contributed by atoms with Gasteiger partial charge in [-0.1, -0.05) is 17.7 Å². The Hall–Kier alpha value is -1.93. The maximum absolute atomic E-state index is 13.8. The molecule has 21 heavy (non-hydrogen) atoms. The van der Waals surface area contributed by atoms with Gasteiger partial charge in [-0.25, -0.2) is 21.6 Å². The smallest absolute Gasteiger partial charge is 0.265 e. The standard InChI is InChI=1S/C12H8ClF3N2O2S/c13-7-4-6(17)5-10(11(7)15)21(19,20)18-9-3-1-2-8(14)12(9)16/h1-5,18H,17H2. The fourth-order valence-corrected chi connectivity index (χ4v) is 3.04. The first-order valence-corrected chi connectivity index (χ1v) is 7.30. The Bertz CT molecular complexity index is 812. The monoisotopic (exact) mass is 336 g/mol. The van der Waals surface area contributed by atoms with Gasteiger partial charge in [0, 0.05) is 5.69 Å². The summed E-state index contributed by atoms with van der Waals surface area (Å²) in [4.78, 5) is -0.865. The second-order valence-corrected chi connectivity index (χ2v) is 6.08. The van der Waals surface area contributed by atoms with Gasteiger partial charge in [0.1, 0.15) is 4.90 Å². The average Bonchev–Trinajstić information content (AvgIpc) is 2.39. The van der Waals surface area contributed by atoms with Crippen molar-refractivity contribution >= 4 is 33.0 Å². The van der Waals surface area contributed by atoms with Crippen LogP contribution < -0.4 is 10.5 Å². The van der Waals surface area contributed by atoms with Crippen molar-refractivity contribution < 1.29 is 21.6 Å². The molecule has 0 aliphatic rings. The SMILES string of the molecule is Nc1cc(Cl)c(F)c(S(=O)(=O)Nc2cccc(F)c2F)c1. The van der Waals surface area contributed by atoms with E-state index in [9.17, 15) is 21.6 Å². The topological polar surface area (TPSA) is 72.2 Å². The molecule has 0 saturated carbocycles. The maximum atomic E-state index is 13.8. The Labute approximate surface area is 123 Å². The van der Waals surface area contributed by atoms with Crippen molar-refractivity contribution in [2.75, 3.05) is 10.5 Å². The summed E-state index contributed by atoms with van der Waals surface area (Å²) in [7, 11) is -4.52. The number of nitrogens with two attached hydrogens (primary N) is 1. The highest BCUT2D eigenvalue weighted by atomic mass is 35.5. The molecule has 0 aliphatic heterocycles. The first kappa shape index (κ1) is 15.5. The molecule has 0 amide bonds. The molecule has 0 heterocycles. The highest BCUT2D eigenvalue weighted by molar-refractivity contribution is 7.92. The van der Waals surface area contributed by atoms with Gasteiger partial charge in [0.25, 0.3) is 10.0 Å². The Kier molecular flexibility index (Phi) is 4.02. The first-order chi connectivity index (χ1) is 9.72. The van der Waals surface area contributed by atoms with Crippen LogP contribution in [0.3, 0.4) is 0 Å². The minimum Gasteiger partial charge on any atom is -0.399 e. The largest absolute Gasteiger partial charge is 0.399 e. The average molecular weight is 337 g/mol. The number of hydrogen-bond acceptors (Lipinski definition) is 3. The second-order valence-electron chi connectivity index (χ2n) is 4.02. The zero-order chi connectivity index (χ0) is 15.8. The summed E-state index contributed by atoms with van der Waals surface area (Å²) < 4.78 is 66.1. The van der Waals surface area contributed by atoms with Crippen LogP contribution in [-0.4, -0.2) is 8.42 Å². The molecule has 0 fully saturated rings. The molecule has 0 atom stereocenters. The van der Waals surface area contributed by atoms with E-state index < -0.39 is 43.1 Å². The van der Waals surface area contributed by atoms with Gasteiger partial charge in [0.05, 0.1) is 10.7 Å². The summed E-state index contributed by atoms with van der Waals surface area (Å²) in [6, 6.07) is 4.74. The Morgan fingerprint density at radius 3 is 2.43 bits per heavy atom. The van der Waals surface area contributed by atoms with Gasteiger partial charge in [0.15, 0.2) is 17.5 Å². The molecule has 2 aromatic rings. The molecule has 0 bridgehead atoms. The van der Waals surface area contributed by atoms with E-state index in [0.717, 1.165) is 30.3 Å². The highest BCUT2D eigenvalue weighted by Crippen LogP contribution is 2.28. The third-order valence-electron chi connectivity index (χ3n) is 2.50. The summed E-state index contributed by atoms with van der Waals surface area (Å²) in [6.45, 7) is 0. The lowest BCUT2D eigenvalue weighted by molar-refractivity contribution is 0.511. The van der Waals surface area contributed by atoms with Crippen molar-refractivity contribution in [2.45, 2.75) is 4.90 Å². The lowest BCUT2D eigenvalue weighted by atomic mass is 10.3. The maximum Gasteiger partial charge on any atom is 0.265 e. The second kappa shape index (κ2) is 5.45. The van der Waals surface area contributed by atoms with Crippen LogP contribution >= 0.6 is 11.6 Å².